The number of nitrogens with one attached hydrogen (secondary N) is 1. The van der Waals surface area contributed by atoms with Crippen molar-refractivity contribution in [3.8, 4) is 5.75 Å². The Morgan fingerprint density at radius 3 is 2.11 bits per heavy atom. The van der Waals surface area contributed by atoms with Crippen LogP contribution in [0.15, 0.2) is 83.5 Å². The highest BCUT2D eigenvalue weighted by Gasteiger charge is 2.39. The predicted molar refractivity (Wildman–Crippen MR) is 143 cm³/mol. The Bertz CT molecular complexity index is 1430. The van der Waals surface area contributed by atoms with Crippen LogP contribution in [-0.4, -0.2) is 30.4 Å². The van der Waals surface area contributed by atoms with Crippen molar-refractivity contribution in [2.45, 2.75) is 26.7 Å². The Labute approximate surface area is 224 Å². The SMILES string of the molecule is CCOC(=O)c1ccc(N2C(=O)C(Cl)=C(Nc3ccc(C(=O)Oc4ccccc4C(C)C)cc3)C2=O)cc1. The quantitative estimate of drug-likeness (QED) is 0.227. The molecule has 0 unspecified atom stereocenters. The molecule has 0 atom stereocenters. The zero-order valence-electron chi connectivity index (χ0n) is 21.0. The van der Waals surface area contributed by atoms with Gasteiger partial charge < -0.3 is 14.8 Å². The van der Waals surface area contributed by atoms with Crippen LogP contribution in [-0.2, 0) is 14.3 Å². The highest BCUT2D eigenvalue weighted by Crippen LogP contribution is 2.31. The number of carbonyl (C=O) groups is 4. The Morgan fingerprint density at radius 1 is 0.868 bits per heavy atom. The van der Waals surface area contributed by atoms with E-state index in [1.165, 1.54) is 24.3 Å². The number of imide groups is 1. The third kappa shape index (κ3) is 5.45. The standard InChI is InChI=1S/C29H25ClN2O6/c1-4-37-28(35)18-11-15-21(16-12-18)32-26(33)24(30)25(27(32)34)31-20-13-9-19(10-14-20)29(36)38-23-8-6-5-7-22(23)17(2)3/h5-17,31H,4H2,1-3H3. The van der Waals surface area contributed by atoms with E-state index in [9.17, 15) is 19.2 Å². The van der Waals surface area contributed by atoms with E-state index < -0.39 is 23.8 Å². The lowest BCUT2D eigenvalue weighted by Crippen LogP contribution is -2.32. The van der Waals surface area contributed by atoms with Crippen molar-refractivity contribution < 1.29 is 28.7 Å². The first-order valence-corrected chi connectivity index (χ1v) is 12.3. The van der Waals surface area contributed by atoms with Gasteiger partial charge in [0.15, 0.2) is 0 Å². The van der Waals surface area contributed by atoms with Crippen LogP contribution in [0.1, 0.15) is 53.0 Å². The first-order valence-electron chi connectivity index (χ1n) is 11.9. The number of rotatable bonds is 8. The first-order chi connectivity index (χ1) is 18.2. The van der Waals surface area contributed by atoms with Gasteiger partial charge >= 0.3 is 11.9 Å². The van der Waals surface area contributed by atoms with E-state index in [1.807, 2.05) is 26.0 Å². The van der Waals surface area contributed by atoms with E-state index in [2.05, 4.69) is 5.32 Å². The van der Waals surface area contributed by atoms with Crippen molar-refractivity contribution in [3.63, 3.8) is 0 Å². The number of halogens is 1. The maximum absolute atomic E-state index is 13.1. The van der Waals surface area contributed by atoms with Crippen LogP contribution in [0.5, 0.6) is 5.75 Å². The van der Waals surface area contributed by atoms with Crippen LogP contribution in [0.3, 0.4) is 0 Å². The second-order valence-corrected chi connectivity index (χ2v) is 9.06. The lowest BCUT2D eigenvalue weighted by Gasteiger charge is -2.15. The number of nitrogens with zero attached hydrogens (tertiary/aromatic N) is 1. The summed E-state index contributed by atoms with van der Waals surface area (Å²) in [7, 11) is 0. The number of esters is 2. The van der Waals surface area contributed by atoms with Gasteiger partial charge in [-0.15, -0.1) is 0 Å². The lowest BCUT2D eigenvalue weighted by molar-refractivity contribution is -0.120. The Kier molecular flexibility index (Phi) is 7.93. The molecular formula is C29H25ClN2O6. The summed E-state index contributed by atoms with van der Waals surface area (Å²) < 4.78 is 10.5. The minimum Gasteiger partial charge on any atom is -0.462 e. The molecule has 38 heavy (non-hydrogen) atoms. The average Bonchev–Trinajstić information content (AvgIpc) is 3.12. The van der Waals surface area contributed by atoms with E-state index >= 15 is 0 Å². The maximum Gasteiger partial charge on any atom is 0.343 e. The molecular weight excluding hydrogens is 508 g/mol. The summed E-state index contributed by atoms with van der Waals surface area (Å²) in [6, 6.07) is 19.5. The third-order valence-electron chi connectivity index (χ3n) is 5.80. The predicted octanol–water partition coefficient (Wildman–Crippen LogP) is 5.64. The molecule has 1 aliphatic heterocycles. The Morgan fingerprint density at radius 2 is 1.47 bits per heavy atom. The molecule has 0 fully saturated rings. The summed E-state index contributed by atoms with van der Waals surface area (Å²) in [6.07, 6.45) is 0. The number of hydrogen-bond donors (Lipinski definition) is 1. The number of anilines is 2. The monoisotopic (exact) mass is 532 g/mol. The fourth-order valence-electron chi connectivity index (χ4n) is 3.85. The molecule has 0 spiro atoms. The van der Waals surface area contributed by atoms with Gasteiger partial charge in [0.2, 0.25) is 0 Å². The normalized spacial score (nSPS) is 13.2. The molecule has 8 nitrogen and oxygen atoms in total. The van der Waals surface area contributed by atoms with Gasteiger partial charge in [-0.1, -0.05) is 43.6 Å². The largest absolute Gasteiger partial charge is 0.462 e. The fourth-order valence-corrected chi connectivity index (χ4v) is 4.06. The molecule has 3 aromatic rings. The van der Waals surface area contributed by atoms with Crippen molar-refractivity contribution in [2.24, 2.45) is 0 Å². The number of hydrogen-bond acceptors (Lipinski definition) is 7. The number of amides is 2. The van der Waals surface area contributed by atoms with E-state index in [0.29, 0.717) is 22.6 Å². The summed E-state index contributed by atoms with van der Waals surface area (Å²) in [4.78, 5) is 51.3. The van der Waals surface area contributed by atoms with Crippen molar-refractivity contribution in [3.05, 3.63) is 100 Å². The van der Waals surface area contributed by atoms with Crippen LogP contribution in [0.25, 0.3) is 0 Å². The minimum atomic E-state index is -0.702. The van der Waals surface area contributed by atoms with Crippen LogP contribution < -0.4 is 15.0 Å². The topological polar surface area (TPSA) is 102 Å². The molecule has 9 heteroatoms. The van der Waals surface area contributed by atoms with Crippen LogP contribution in [0.4, 0.5) is 11.4 Å². The third-order valence-corrected chi connectivity index (χ3v) is 6.15. The summed E-state index contributed by atoms with van der Waals surface area (Å²) in [5.74, 6) is -1.70. The maximum atomic E-state index is 13.1. The fraction of sp³-hybridized carbons (Fsp3) is 0.172. The zero-order valence-corrected chi connectivity index (χ0v) is 21.7. The molecule has 1 N–H and O–H groups in total. The Balaban J connectivity index is 1.46. The smallest absolute Gasteiger partial charge is 0.343 e. The van der Waals surface area contributed by atoms with Gasteiger partial charge in [0.05, 0.1) is 23.4 Å². The van der Waals surface area contributed by atoms with Crippen molar-refractivity contribution >= 4 is 46.7 Å². The summed E-state index contributed by atoms with van der Waals surface area (Å²) in [5.41, 5.74) is 2.11. The first kappa shape index (κ1) is 26.6. The van der Waals surface area contributed by atoms with Crippen molar-refractivity contribution in [1.82, 2.24) is 0 Å². The van der Waals surface area contributed by atoms with E-state index in [1.54, 1.807) is 43.3 Å². The van der Waals surface area contributed by atoms with E-state index in [-0.39, 0.29) is 28.9 Å². The lowest BCUT2D eigenvalue weighted by atomic mass is 10.0. The van der Waals surface area contributed by atoms with Gasteiger partial charge in [-0.05, 0) is 73.0 Å². The van der Waals surface area contributed by atoms with Gasteiger partial charge in [0, 0.05) is 5.69 Å². The van der Waals surface area contributed by atoms with E-state index in [0.717, 1.165) is 10.5 Å². The average molecular weight is 533 g/mol. The van der Waals surface area contributed by atoms with Gasteiger partial charge in [-0.2, -0.15) is 0 Å². The summed E-state index contributed by atoms with van der Waals surface area (Å²) in [5, 5.41) is 2.59. The molecule has 0 aliphatic carbocycles. The van der Waals surface area contributed by atoms with E-state index in [4.69, 9.17) is 21.1 Å². The molecule has 0 saturated heterocycles. The molecule has 2 amide bonds. The summed E-state index contributed by atoms with van der Waals surface area (Å²) in [6.45, 7) is 5.96. The van der Waals surface area contributed by atoms with Crippen molar-refractivity contribution in [2.75, 3.05) is 16.8 Å². The van der Waals surface area contributed by atoms with Gasteiger partial charge in [0.25, 0.3) is 11.8 Å². The molecule has 0 radical (unpaired) electrons. The van der Waals surface area contributed by atoms with Gasteiger partial charge in [0.1, 0.15) is 16.5 Å². The summed E-state index contributed by atoms with van der Waals surface area (Å²) >= 11 is 6.21. The second-order valence-electron chi connectivity index (χ2n) is 8.69. The molecule has 0 aromatic heterocycles. The number of para-hydroxylation sites is 1. The molecule has 3 aromatic carbocycles. The number of benzene rings is 3. The second kappa shape index (κ2) is 11.3. The van der Waals surface area contributed by atoms with Crippen LogP contribution in [0.2, 0.25) is 0 Å². The van der Waals surface area contributed by atoms with Crippen LogP contribution >= 0.6 is 11.6 Å². The van der Waals surface area contributed by atoms with Crippen LogP contribution in [0, 0.1) is 0 Å². The number of ether oxygens (including phenoxy) is 2. The number of carbonyl (C=O) groups excluding carboxylic acids is 4. The molecule has 1 heterocycles. The van der Waals surface area contributed by atoms with Crippen molar-refractivity contribution in [1.29, 1.82) is 0 Å². The zero-order chi connectivity index (χ0) is 27.4. The minimum absolute atomic E-state index is 0.104. The molecule has 0 saturated carbocycles. The van der Waals surface area contributed by atoms with Gasteiger partial charge in [-0.3, -0.25) is 9.59 Å². The highest BCUT2D eigenvalue weighted by molar-refractivity contribution is 6.53. The molecule has 1 aliphatic rings. The molecule has 4 rings (SSSR count). The molecule has 0 bridgehead atoms. The molecule has 194 valence electrons. The Hall–Kier alpha value is -4.43. The highest BCUT2D eigenvalue weighted by atomic mass is 35.5. The van der Waals surface area contributed by atoms with Gasteiger partial charge in [-0.25, -0.2) is 14.5 Å².